The second-order valence-electron chi connectivity index (χ2n) is 4.05. The van der Waals surface area contributed by atoms with Crippen LogP contribution in [0.4, 0.5) is 10.2 Å². The van der Waals surface area contributed by atoms with E-state index in [2.05, 4.69) is 15.3 Å². The molecule has 7 heteroatoms. The molecule has 0 fully saturated rings. The van der Waals surface area contributed by atoms with Gasteiger partial charge in [-0.25, -0.2) is 19.2 Å². The van der Waals surface area contributed by atoms with E-state index in [1.165, 1.54) is 11.3 Å². The summed E-state index contributed by atoms with van der Waals surface area (Å²) in [7, 11) is 0. The van der Waals surface area contributed by atoms with Crippen LogP contribution in [0.3, 0.4) is 0 Å². The average molecular weight is 281 g/mol. The van der Waals surface area contributed by atoms with Crippen molar-refractivity contribution in [2.24, 2.45) is 0 Å². The first kappa shape index (κ1) is 13.4. The summed E-state index contributed by atoms with van der Waals surface area (Å²) in [4.78, 5) is 19.1. The molecule has 0 aromatic carbocycles. The van der Waals surface area contributed by atoms with Gasteiger partial charge in [-0.15, -0.1) is 11.3 Å². The summed E-state index contributed by atoms with van der Waals surface area (Å²) in [6, 6.07) is 0.743. The van der Waals surface area contributed by atoms with E-state index in [4.69, 9.17) is 5.11 Å². The highest BCUT2D eigenvalue weighted by Gasteiger charge is 2.16. The number of carboxylic acid groups (broad SMARTS) is 1. The van der Waals surface area contributed by atoms with E-state index in [9.17, 15) is 9.18 Å². The first-order chi connectivity index (χ1) is 8.97. The number of aromatic carboxylic acids is 1. The summed E-state index contributed by atoms with van der Waals surface area (Å²) in [5, 5.41) is 14.7. The SMILES string of the molecule is Cc1csc(C(C)Nc2ncc(F)cc2C(=O)O)n1. The summed E-state index contributed by atoms with van der Waals surface area (Å²) in [6.07, 6.45) is 0.981. The predicted molar refractivity (Wildman–Crippen MR) is 70.0 cm³/mol. The molecule has 0 aliphatic rings. The standard InChI is InChI=1S/C12H12FN3O2S/c1-6-5-19-11(15-6)7(2)16-10-9(12(17)18)3-8(13)4-14-10/h3-5,7H,1-2H3,(H,14,16)(H,17,18). The van der Waals surface area contributed by atoms with E-state index in [1.54, 1.807) is 0 Å². The molecule has 0 saturated heterocycles. The van der Waals surface area contributed by atoms with Gasteiger partial charge in [0.15, 0.2) is 0 Å². The number of anilines is 1. The largest absolute Gasteiger partial charge is 0.478 e. The fourth-order valence-electron chi connectivity index (χ4n) is 1.56. The molecule has 1 unspecified atom stereocenters. The van der Waals surface area contributed by atoms with E-state index >= 15 is 0 Å². The van der Waals surface area contributed by atoms with Crippen molar-refractivity contribution in [2.45, 2.75) is 19.9 Å². The molecule has 0 bridgehead atoms. The molecule has 0 radical (unpaired) electrons. The van der Waals surface area contributed by atoms with E-state index in [-0.39, 0.29) is 17.4 Å². The maximum absolute atomic E-state index is 13.0. The van der Waals surface area contributed by atoms with Crippen molar-refractivity contribution in [2.75, 3.05) is 5.32 Å². The van der Waals surface area contributed by atoms with Crippen LogP contribution in [0.5, 0.6) is 0 Å². The number of hydrogen-bond acceptors (Lipinski definition) is 5. The van der Waals surface area contributed by atoms with E-state index in [1.807, 2.05) is 19.2 Å². The number of nitrogens with one attached hydrogen (secondary N) is 1. The highest BCUT2D eigenvalue weighted by Crippen LogP contribution is 2.23. The van der Waals surface area contributed by atoms with Crippen molar-refractivity contribution >= 4 is 23.1 Å². The maximum Gasteiger partial charge on any atom is 0.339 e. The molecular weight excluding hydrogens is 269 g/mol. The van der Waals surface area contributed by atoms with Crippen molar-refractivity contribution in [3.8, 4) is 0 Å². The Kier molecular flexibility index (Phi) is 3.75. The molecule has 2 N–H and O–H groups in total. The second-order valence-corrected chi connectivity index (χ2v) is 4.94. The Bertz CT molecular complexity index is 615. The molecule has 5 nitrogen and oxygen atoms in total. The maximum atomic E-state index is 13.0. The zero-order chi connectivity index (χ0) is 14.0. The van der Waals surface area contributed by atoms with Crippen LogP contribution in [0, 0.1) is 12.7 Å². The van der Waals surface area contributed by atoms with Crippen LogP contribution in [0.2, 0.25) is 0 Å². The van der Waals surface area contributed by atoms with Gasteiger partial charge >= 0.3 is 5.97 Å². The molecule has 2 rings (SSSR count). The summed E-state index contributed by atoms with van der Waals surface area (Å²) >= 11 is 1.47. The topological polar surface area (TPSA) is 75.1 Å². The van der Waals surface area contributed by atoms with Gasteiger partial charge in [-0.3, -0.25) is 0 Å². The monoisotopic (exact) mass is 281 g/mol. The summed E-state index contributed by atoms with van der Waals surface area (Å²) in [5.74, 6) is -1.77. The number of aromatic nitrogens is 2. The lowest BCUT2D eigenvalue weighted by Crippen LogP contribution is -2.12. The van der Waals surface area contributed by atoms with Crippen molar-refractivity contribution < 1.29 is 14.3 Å². The van der Waals surface area contributed by atoms with Gasteiger partial charge in [0.1, 0.15) is 22.2 Å². The van der Waals surface area contributed by atoms with Gasteiger partial charge in [-0.2, -0.15) is 0 Å². The molecule has 1 atom stereocenters. The number of nitrogens with zero attached hydrogens (tertiary/aromatic N) is 2. The number of rotatable bonds is 4. The van der Waals surface area contributed by atoms with Crippen molar-refractivity contribution in [3.63, 3.8) is 0 Å². The number of aryl methyl sites for hydroxylation is 1. The zero-order valence-corrected chi connectivity index (χ0v) is 11.2. The van der Waals surface area contributed by atoms with Crippen molar-refractivity contribution in [3.05, 3.63) is 39.7 Å². The number of carboxylic acids is 1. The minimum Gasteiger partial charge on any atom is -0.478 e. The van der Waals surface area contributed by atoms with E-state index in [0.717, 1.165) is 23.0 Å². The van der Waals surface area contributed by atoms with Crippen LogP contribution < -0.4 is 5.32 Å². The van der Waals surface area contributed by atoms with Crippen LogP contribution in [0.25, 0.3) is 0 Å². The van der Waals surface area contributed by atoms with Crippen molar-refractivity contribution in [1.29, 1.82) is 0 Å². The van der Waals surface area contributed by atoms with Gasteiger partial charge in [0.2, 0.25) is 0 Å². The predicted octanol–water partition coefficient (Wildman–Crippen LogP) is 2.86. The highest BCUT2D eigenvalue weighted by atomic mass is 32.1. The Morgan fingerprint density at radius 2 is 2.32 bits per heavy atom. The van der Waals surface area contributed by atoms with E-state index in [0.29, 0.717) is 0 Å². The van der Waals surface area contributed by atoms with Crippen LogP contribution in [-0.4, -0.2) is 21.0 Å². The smallest absolute Gasteiger partial charge is 0.339 e. The third-order valence-electron chi connectivity index (χ3n) is 2.45. The molecule has 2 aromatic rings. The first-order valence-corrected chi connectivity index (χ1v) is 6.42. The molecule has 19 heavy (non-hydrogen) atoms. The Morgan fingerprint density at radius 1 is 1.58 bits per heavy atom. The zero-order valence-electron chi connectivity index (χ0n) is 10.3. The van der Waals surface area contributed by atoms with E-state index < -0.39 is 11.8 Å². The number of pyridine rings is 1. The third-order valence-corrected chi connectivity index (χ3v) is 3.59. The average Bonchev–Trinajstić information content (AvgIpc) is 2.78. The lowest BCUT2D eigenvalue weighted by Gasteiger charge is -2.13. The fourth-order valence-corrected chi connectivity index (χ4v) is 2.36. The fraction of sp³-hybridized carbons (Fsp3) is 0.250. The first-order valence-electron chi connectivity index (χ1n) is 5.54. The molecule has 2 heterocycles. The lowest BCUT2D eigenvalue weighted by molar-refractivity contribution is 0.0697. The Balaban J connectivity index is 2.26. The Morgan fingerprint density at radius 3 is 2.89 bits per heavy atom. The van der Waals surface area contributed by atoms with Gasteiger partial charge in [0.05, 0.1) is 12.2 Å². The van der Waals surface area contributed by atoms with Crippen LogP contribution >= 0.6 is 11.3 Å². The number of hydrogen-bond donors (Lipinski definition) is 2. The minimum atomic E-state index is -1.22. The minimum absolute atomic E-state index is 0.134. The number of halogens is 1. The number of carbonyl (C=O) groups is 1. The molecule has 2 aromatic heterocycles. The van der Waals surface area contributed by atoms with Gasteiger partial charge < -0.3 is 10.4 Å². The van der Waals surface area contributed by atoms with Crippen molar-refractivity contribution in [1.82, 2.24) is 9.97 Å². The molecule has 0 spiro atoms. The quantitative estimate of drug-likeness (QED) is 0.901. The number of thiazole rings is 1. The molecular formula is C12H12FN3O2S. The van der Waals surface area contributed by atoms with Gasteiger partial charge in [0.25, 0.3) is 0 Å². The Hall–Kier alpha value is -2.02. The van der Waals surface area contributed by atoms with Gasteiger partial charge in [-0.05, 0) is 19.9 Å². The highest BCUT2D eigenvalue weighted by molar-refractivity contribution is 7.09. The lowest BCUT2D eigenvalue weighted by atomic mass is 10.2. The van der Waals surface area contributed by atoms with Crippen LogP contribution in [-0.2, 0) is 0 Å². The van der Waals surface area contributed by atoms with Crippen LogP contribution in [0.1, 0.15) is 34.0 Å². The molecule has 0 aliphatic heterocycles. The normalized spacial score (nSPS) is 12.2. The summed E-state index contributed by atoms with van der Waals surface area (Å²) in [6.45, 7) is 3.72. The molecule has 0 amide bonds. The third kappa shape index (κ3) is 3.05. The molecule has 0 saturated carbocycles. The van der Waals surface area contributed by atoms with Crippen LogP contribution in [0.15, 0.2) is 17.6 Å². The second kappa shape index (κ2) is 5.31. The Labute approximate surface area is 113 Å². The molecule has 100 valence electrons. The van der Waals surface area contributed by atoms with Gasteiger partial charge in [0, 0.05) is 11.1 Å². The molecule has 0 aliphatic carbocycles. The summed E-state index contributed by atoms with van der Waals surface area (Å²) < 4.78 is 13.0. The summed E-state index contributed by atoms with van der Waals surface area (Å²) in [5.41, 5.74) is 0.708. The van der Waals surface area contributed by atoms with Gasteiger partial charge in [-0.1, -0.05) is 0 Å².